The Morgan fingerprint density at radius 1 is 0.221 bits per heavy atom. The van der Waals surface area contributed by atoms with E-state index in [1.54, 1.807) is 6.20 Å². The Labute approximate surface area is 825 Å². The fourth-order valence-electron chi connectivity index (χ4n) is 21.7. The van der Waals surface area contributed by atoms with Crippen LogP contribution < -0.4 is 10.2 Å². The van der Waals surface area contributed by atoms with Gasteiger partial charge in [0.1, 0.15) is 0 Å². The van der Waals surface area contributed by atoms with E-state index in [4.69, 9.17) is 0 Å². The van der Waals surface area contributed by atoms with E-state index in [-0.39, 0.29) is 7.43 Å². The summed E-state index contributed by atoms with van der Waals surface area (Å²) in [6, 6.07) is 189. The average Bonchev–Trinajstić information content (AvgIpc) is 1.54. The first-order chi connectivity index (χ1) is 68.9. The van der Waals surface area contributed by atoms with Crippen LogP contribution in [0.3, 0.4) is 0 Å². The van der Waals surface area contributed by atoms with Gasteiger partial charge in [-0.25, -0.2) is 0 Å². The summed E-state index contributed by atoms with van der Waals surface area (Å²) in [5.74, 6) is 0. The number of rotatable bonds is 17. The SMILES string of the molecule is Brc1ccccc1-c1cccc(-c2ccc3c(c2)c2ccccc2n3-c2ccc3c(c2)C(c2ccccc2)(c2ccccc2)c2ccccc2-3)c1.C.c1ccc(N(c2ccc(-c3cccnc3)cc2)c2ccccc2-c2cccc(-c3ccc4c(c3)c3ccccc3n4-c3ccc4c(c3)C(c3ccccc3)(c3ccccc3)c3ccccc3-4)c2)cc1.c1ccc(Nc2ccc(-c3cccnc3)cc2)cc1. The first-order valence-electron chi connectivity index (χ1n) is 47.4. The van der Waals surface area contributed by atoms with Crippen LogP contribution in [-0.2, 0) is 10.8 Å². The molecule has 26 rings (SSSR count). The van der Waals surface area contributed by atoms with Gasteiger partial charge in [-0.05, 0) is 274 Å². The molecule has 24 aromatic rings. The molecular weight excluding hydrogens is 1760 g/mol. The lowest BCUT2D eigenvalue weighted by atomic mass is 9.67. The number of aromatic nitrogens is 4. The van der Waals surface area contributed by atoms with Gasteiger partial charge in [0.2, 0.25) is 0 Å². The molecule has 1 N–H and O–H groups in total. The second-order valence-electron chi connectivity index (χ2n) is 35.6. The highest BCUT2D eigenvalue weighted by Gasteiger charge is 2.48. The zero-order chi connectivity index (χ0) is 92.6. The molecule has 4 heterocycles. The van der Waals surface area contributed by atoms with Crippen LogP contribution in [0.2, 0.25) is 0 Å². The van der Waals surface area contributed by atoms with Crippen LogP contribution in [0, 0.1) is 0 Å². The Morgan fingerprint density at radius 2 is 0.564 bits per heavy atom. The van der Waals surface area contributed by atoms with Crippen LogP contribution in [0.4, 0.5) is 28.4 Å². The summed E-state index contributed by atoms with van der Waals surface area (Å²) in [6.45, 7) is 0. The van der Waals surface area contributed by atoms with E-state index in [1.165, 1.54) is 149 Å². The van der Waals surface area contributed by atoms with Gasteiger partial charge >= 0.3 is 0 Å². The Bertz CT molecular complexity index is 8550. The molecule has 0 radical (unpaired) electrons. The van der Waals surface area contributed by atoms with E-state index in [0.29, 0.717) is 0 Å². The fourth-order valence-corrected chi connectivity index (χ4v) is 22.2. The highest BCUT2D eigenvalue weighted by atomic mass is 79.9. The maximum atomic E-state index is 4.36. The van der Waals surface area contributed by atoms with Crippen molar-refractivity contribution >= 4 is 88.0 Å². The quantitative estimate of drug-likeness (QED) is 0.0987. The second-order valence-corrected chi connectivity index (χ2v) is 36.5. The molecule has 140 heavy (non-hydrogen) atoms. The van der Waals surface area contributed by atoms with Crippen LogP contribution >= 0.6 is 15.9 Å². The first kappa shape index (κ1) is 86.5. The van der Waals surface area contributed by atoms with Gasteiger partial charge in [0.25, 0.3) is 0 Å². The van der Waals surface area contributed by atoms with Crippen LogP contribution in [0.5, 0.6) is 0 Å². The third-order valence-corrected chi connectivity index (χ3v) is 28.5. The summed E-state index contributed by atoms with van der Waals surface area (Å²) in [6.07, 6.45) is 7.39. The molecular formula is C133H95BrN6. The minimum Gasteiger partial charge on any atom is -0.356 e. The molecule has 0 spiro atoms. The van der Waals surface area contributed by atoms with Crippen molar-refractivity contribution in [3.05, 3.63) is 595 Å². The number of hydrogen-bond donors (Lipinski definition) is 1. The van der Waals surface area contributed by atoms with Gasteiger partial charge in [0.05, 0.1) is 38.6 Å². The average molecular weight is 1860 g/mol. The summed E-state index contributed by atoms with van der Waals surface area (Å²) in [7, 11) is 0. The second kappa shape index (κ2) is 37.6. The fraction of sp³-hybridized carbons (Fsp3) is 0.0226. The van der Waals surface area contributed by atoms with Crippen LogP contribution in [0.25, 0.3) is 144 Å². The minimum atomic E-state index is -0.483. The van der Waals surface area contributed by atoms with E-state index in [1.807, 2.05) is 48.9 Å². The topological polar surface area (TPSA) is 50.9 Å². The van der Waals surface area contributed by atoms with Gasteiger partial charge in [0, 0.05) is 90.5 Å². The summed E-state index contributed by atoms with van der Waals surface area (Å²) < 4.78 is 6.02. The third-order valence-electron chi connectivity index (χ3n) is 27.9. The van der Waals surface area contributed by atoms with Gasteiger partial charge in [-0.1, -0.05) is 399 Å². The van der Waals surface area contributed by atoms with Gasteiger partial charge in [-0.2, -0.15) is 0 Å². The van der Waals surface area contributed by atoms with Crippen molar-refractivity contribution in [2.24, 2.45) is 0 Å². The largest absolute Gasteiger partial charge is 0.356 e. The molecule has 0 fully saturated rings. The molecule has 7 heteroatoms. The van der Waals surface area contributed by atoms with Gasteiger partial charge < -0.3 is 19.4 Å². The molecule has 6 nitrogen and oxygen atoms in total. The van der Waals surface area contributed by atoms with Crippen molar-refractivity contribution < 1.29 is 0 Å². The zero-order valence-corrected chi connectivity index (χ0v) is 77.7. The van der Waals surface area contributed by atoms with E-state index in [2.05, 4.69) is 537 Å². The lowest BCUT2D eigenvalue weighted by Gasteiger charge is -2.34. The third kappa shape index (κ3) is 15.5. The number of pyridine rings is 2. The molecule has 4 aromatic heterocycles. The number of para-hydroxylation sites is 5. The molecule has 0 bridgehead atoms. The highest BCUT2D eigenvalue weighted by Crippen LogP contribution is 2.59. The van der Waals surface area contributed by atoms with Crippen molar-refractivity contribution in [2.45, 2.75) is 18.3 Å². The number of anilines is 5. The summed E-state index contributed by atoms with van der Waals surface area (Å²) in [5.41, 5.74) is 41.0. The van der Waals surface area contributed by atoms with E-state index >= 15 is 0 Å². The minimum absolute atomic E-state index is 0. The lowest BCUT2D eigenvalue weighted by molar-refractivity contribution is 0.767. The van der Waals surface area contributed by atoms with Crippen molar-refractivity contribution in [1.29, 1.82) is 0 Å². The number of halogens is 1. The Hall–Kier alpha value is -17.6. The van der Waals surface area contributed by atoms with Crippen LogP contribution in [0.1, 0.15) is 51.9 Å². The van der Waals surface area contributed by atoms with E-state index in [9.17, 15) is 0 Å². The zero-order valence-electron chi connectivity index (χ0n) is 76.1. The first-order valence-corrected chi connectivity index (χ1v) is 48.2. The molecule has 2 aliphatic rings. The molecule has 2 aliphatic carbocycles. The predicted octanol–water partition coefficient (Wildman–Crippen LogP) is 35.4. The normalized spacial score (nSPS) is 12.2. The van der Waals surface area contributed by atoms with Gasteiger partial charge in [-0.3, -0.25) is 9.97 Å². The molecule has 0 saturated heterocycles. The molecule has 0 amide bonds. The molecule has 0 atom stereocenters. The van der Waals surface area contributed by atoms with Gasteiger partial charge in [-0.15, -0.1) is 0 Å². The summed E-state index contributed by atoms with van der Waals surface area (Å²) >= 11 is 3.76. The molecule has 20 aromatic carbocycles. The number of benzene rings is 20. The van der Waals surface area contributed by atoms with Crippen molar-refractivity contribution in [3.63, 3.8) is 0 Å². The maximum Gasteiger partial charge on any atom is 0.0714 e. The van der Waals surface area contributed by atoms with Gasteiger partial charge in [0.15, 0.2) is 0 Å². The highest BCUT2D eigenvalue weighted by molar-refractivity contribution is 9.10. The lowest BCUT2D eigenvalue weighted by Crippen LogP contribution is -2.28. The van der Waals surface area contributed by atoms with Crippen LogP contribution in [-0.4, -0.2) is 19.1 Å². The number of nitrogens with zero attached hydrogens (tertiary/aromatic N) is 5. The Balaban J connectivity index is 0.000000134. The summed E-state index contributed by atoms with van der Waals surface area (Å²) in [4.78, 5) is 10.9. The number of fused-ring (bicyclic) bond motifs is 12. The summed E-state index contributed by atoms with van der Waals surface area (Å²) in [5, 5.41) is 8.31. The molecule has 0 unspecified atom stereocenters. The Morgan fingerprint density at radius 3 is 1.03 bits per heavy atom. The maximum absolute atomic E-state index is 4.36. The van der Waals surface area contributed by atoms with E-state index < -0.39 is 10.8 Å². The standard InChI is InChI=1S/C66H45N3.C49H32BrN.C17H14N2.CH4/c1-4-21-51(22-5-1)66(52-23-6-2-7-24-52)61-30-13-10-28-57(61)58-39-38-55(44-62(58)66)69-64-32-15-12-29-59(64)60-43-48(35-40-65(60)69)47-18-16-19-49(42-47)56-27-11-14-31-63(56)68(53-25-8-3-9-26-53)54-36-33-46(34-37-54)50-20-17-41-67-45-50;50-46-24-11-8-20-39(46)35-15-13-14-33(30-35)34-26-29-48-43(31-34)42-22-9-12-25-47(42)51(48)38-27-28-41-40-21-7-10-23-44(40)49(45(41)32-38,36-16-3-1-4-17-36)37-18-5-2-6-19-37;1-2-6-16(7-3-1)19-17-10-8-14(9-11-17)15-5-4-12-18-13-15;/h1-45H;1-32H;1-13,19H;1H4. The molecule has 0 saturated carbocycles. The van der Waals surface area contributed by atoms with Crippen molar-refractivity contribution in [2.75, 3.05) is 10.2 Å². The number of hydrogen-bond acceptors (Lipinski definition) is 4. The van der Waals surface area contributed by atoms with E-state index in [0.717, 1.165) is 72.1 Å². The smallest absolute Gasteiger partial charge is 0.0714 e. The molecule has 0 aliphatic heterocycles. The number of nitrogens with one attached hydrogen (secondary N) is 1. The molecule has 664 valence electrons. The Kier molecular flexibility index (Phi) is 23.2. The predicted molar refractivity (Wildman–Crippen MR) is 590 cm³/mol. The van der Waals surface area contributed by atoms with Crippen LogP contribution in [0.15, 0.2) is 551 Å². The monoisotopic (exact) mass is 1850 g/mol. The van der Waals surface area contributed by atoms with Crippen molar-refractivity contribution in [3.8, 4) is 100 Å². The van der Waals surface area contributed by atoms with Crippen molar-refractivity contribution in [1.82, 2.24) is 19.1 Å².